The Hall–Kier alpha value is -0.540. The molecule has 1 nitrogen and oxygen atoms in total. The molecule has 0 aromatic heterocycles. The van der Waals surface area contributed by atoms with Gasteiger partial charge in [-0.25, -0.2) is 0 Å². The van der Waals surface area contributed by atoms with E-state index in [0.717, 1.165) is 22.9 Å². The average molecular weight is 345 g/mol. The molecular weight excluding hydrogens is 333 g/mol. The minimum Gasteiger partial charge on any atom is -0.378 e. The van der Waals surface area contributed by atoms with Crippen molar-refractivity contribution < 1.29 is 0 Å². The van der Waals surface area contributed by atoms with Crippen LogP contribution in [0.1, 0.15) is 18.0 Å². The molecule has 20 heavy (non-hydrogen) atoms. The molecule has 2 aromatic carbocycles. The van der Waals surface area contributed by atoms with Crippen molar-refractivity contribution in [3.05, 3.63) is 57.0 Å². The SMILES string of the molecule is Clc1ccc2c(c1)C(Nc1ccc(Cl)c(Cl)c1)CCS2. The molecule has 1 N–H and O–H groups in total. The van der Waals surface area contributed by atoms with E-state index in [1.807, 2.05) is 42.1 Å². The van der Waals surface area contributed by atoms with Crippen LogP contribution < -0.4 is 5.32 Å². The Kier molecular flexibility index (Phi) is 4.37. The summed E-state index contributed by atoms with van der Waals surface area (Å²) in [5.41, 5.74) is 2.22. The fourth-order valence-electron chi connectivity index (χ4n) is 2.30. The lowest BCUT2D eigenvalue weighted by atomic mass is 10.0. The second-order valence-electron chi connectivity index (χ2n) is 4.65. The van der Waals surface area contributed by atoms with Crippen LogP contribution in [0.15, 0.2) is 41.3 Å². The first-order valence-corrected chi connectivity index (χ1v) is 8.39. The number of fused-ring (bicyclic) bond motifs is 1. The number of nitrogens with one attached hydrogen (secondary N) is 1. The van der Waals surface area contributed by atoms with Crippen LogP contribution in [0.5, 0.6) is 0 Å². The number of benzene rings is 2. The van der Waals surface area contributed by atoms with Crippen LogP contribution in [0.25, 0.3) is 0 Å². The molecule has 1 unspecified atom stereocenters. The second kappa shape index (κ2) is 6.07. The quantitative estimate of drug-likeness (QED) is 0.686. The van der Waals surface area contributed by atoms with Gasteiger partial charge in [0, 0.05) is 21.4 Å². The molecule has 5 heteroatoms. The molecule has 1 atom stereocenters. The highest BCUT2D eigenvalue weighted by atomic mass is 35.5. The van der Waals surface area contributed by atoms with E-state index in [1.54, 1.807) is 0 Å². The zero-order valence-electron chi connectivity index (χ0n) is 10.5. The van der Waals surface area contributed by atoms with Gasteiger partial charge in [0.05, 0.1) is 16.1 Å². The standard InChI is InChI=1S/C15H12Cl3NS/c16-9-1-4-15-11(7-9)14(5-6-20-15)19-10-2-3-12(17)13(18)8-10/h1-4,7-8,14,19H,5-6H2. The summed E-state index contributed by atoms with van der Waals surface area (Å²) in [7, 11) is 0. The van der Waals surface area contributed by atoms with Gasteiger partial charge in [-0.3, -0.25) is 0 Å². The highest BCUT2D eigenvalue weighted by Crippen LogP contribution is 2.39. The van der Waals surface area contributed by atoms with E-state index in [9.17, 15) is 0 Å². The van der Waals surface area contributed by atoms with E-state index in [0.29, 0.717) is 10.0 Å². The summed E-state index contributed by atoms with van der Waals surface area (Å²) in [4.78, 5) is 1.29. The molecule has 1 aliphatic heterocycles. The fraction of sp³-hybridized carbons (Fsp3) is 0.200. The highest BCUT2D eigenvalue weighted by molar-refractivity contribution is 7.99. The molecule has 1 aliphatic rings. The fourth-order valence-corrected chi connectivity index (χ4v) is 3.89. The third-order valence-electron chi connectivity index (χ3n) is 3.27. The number of hydrogen-bond acceptors (Lipinski definition) is 2. The molecule has 0 saturated heterocycles. The topological polar surface area (TPSA) is 12.0 Å². The Morgan fingerprint density at radius 2 is 1.85 bits per heavy atom. The van der Waals surface area contributed by atoms with Crippen molar-refractivity contribution in [3.63, 3.8) is 0 Å². The number of halogens is 3. The van der Waals surface area contributed by atoms with Crippen molar-refractivity contribution in [3.8, 4) is 0 Å². The van der Waals surface area contributed by atoms with Crippen molar-refractivity contribution in [2.75, 3.05) is 11.1 Å². The molecular formula is C15H12Cl3NS. The van der Waals surface area contributed by atoms with E-state index in [-0.39, 0.29) is 6.04 Å². The summed E-state index contributed by atoms with van der Waals surface area (Å²) in [5, 5.41) is 5.42. The summed E-state index contributed by atoms with van der Waals surface area (Å²) >= 11 is 20.0. The van der Waals surface area contributed by atoms with Gasteiger partial charge in [-0.1, -0.05) is 34.8 Å². The Morgan fingerprint density at radius 3 is 2.65 bits per heavy atom. The van der Waals surface area contributed by atoms with E-state index in [1.165, 1.54) is 10.5 Å². The Morgan fingerprint density at radius 1 is 1.00 bits per heavy atom. The first-order chi connectivity index (χ1) is 9.63. The predicted octanol–water partition coefficient (Wildman–Crippen LogP) is 6.30. The number of hydrogen-bond donors (Lipinski definition) is 1. The zero-order chi connectivity index (χ0) is 14.1. The van der Waals surface area contributed by atoms with Gasteiger partial charge in [0.15, 0.2) is 0 Å². The van der Waals surface area contributed by atoms with Gasteiger partial charge < -0.3 is 5.32 Å². The van der Waals surface area contributed by atoms with Crippen molar-refractivity contribution >= 4 is 52.3 Å². The molecule has 2 aromatic rings. The van der Waals surface area contributed by atoms with E-state index < -0.39 is 0 Å². The maximum Gasteiger partial charge on any atom is 0.0612 e. The largest absolute Gasteiger partial charge is 0.378 e. The van der Waals surface area contributed by atoms with Crippen LogP contribution in [0, 0.1) is 0 Å². The molecule has 1 heterocycles. The van der Waals surface area contributed by atoms with E-state index in [4.69, 9.17) is 34.8 Å². The van der Waals surface area contributed by atoms with Crippen LogP contribution in [0.4, 0.5) is 5.69 Å². The lowest BCUT2D eigenvalue weighted by molar-refractivity contribution is 0.729. The summed E-state index contributed by atoms with van der Waals surface area (Å²) in [6.07, 6.45) is 1.05. The van der Waals surface area contributed by atoms with Gasteiger partial charge in [0.25, 0.3) is 0 Å². The van der Waals surface area contributed by atoms with Gasteiger partial charge >= 0.3 is 0 Å². The van der Waals surface area contributed by atoms with Crippen molar-refractivity contribution in [2.24, 2.45) is 0 Å². The molecule has 104 valence electrons. The Balaban J connectivity index is 1.89. The second-order valence-corrected chi connectivity index (χ2v) is 7.03. The van der Waals surface area contributed by atoms with Crippen LogP contribution in [0.3, 0.4) is 0 Å². The van der Waals surface area contributed by atoms with Gasteiger partial charge in [-0.2, -0.15) is 0 Å². The third kappa shape index (κ3) is 3.04. The maximum absolute atomic E-state index is 6.12. The zero-order valence-corrected chi connectivity index (χ0v) is 13.6. The highest BCUT2D eigenvalue weighted by Gasteiger charge is 2.21. The minimum absolute atomic E-state index is 0.252. The molecule has 0 radical (unpaired) electrons. The van der Waals surface area contributed by atoms with Gasteiger partial charge in [-0.05, 0) is 48.4 Å². The van der Waals surface area contributed by atoms with Gasteiger partial charge in [0.1, 0.15) is 0 Å². The van der Waals surface area contributed by atoms with Crippen molar-refractivity contribution in [1.29, 1.82) is 0 Å². The van der Waals surface area contributed by atoms with Crippen molar-refractivity contribution in [1.82, 2.24) is 0 Å². The van der Waals surface area contributed by atoms with Crippen LogP contribution in [-0.4, -0.2) is 5.75 Å². The summed E-state index contributed by atoms with van der Waals surface area (Å²) in [5.74, 6) is 1.09. The Labute approximate surface area is 137 Å². The van der Waals surface area contributed by atoms with Gasteiger partial charge in [0.2, 0.25) is 0 Å². The van der Waals surface area contributed by atoms with E-state index in [2.05, 4.69) is 11.4 Å². The maximum atomic E-state index is 6.12. The molecule has 0 amide bonds. The monoisotopic (exact) mass is 343 g/mol. The molecule has 3 rings (SSSR count). The summed E-state index contributed by atoms with van der Waals surface area (Å²) in [6.45, 7) is 0. The lowest BCUT2D eigenvalue weighted by Gasteiger charge is -2.27. The van der Waals surface area contributed by atoms with Crippen LogP contribution in [-0.2, 0) is 0 Å². The van der Waals surface area contributed by atoms with Crippen LogP contribution in [0.2, 0.25) is 15.1 Å². The molecule has 0 bridgehead atoms. The first-order valence-electron chi connectivity index (χ1n) is 6.27. The minimum atomic E-state index is 0.252. The molecule has 0 saturated carbocycles. The lowest BCUT2D eigenvalue weighted by Crippen LogP contribution is -2.16. The summed E-state index contributed by atoms with van der Waals surface area (Å²) in [6, 6.07) is 11.9. The van der Waals surface area contributed by atoms with E-state index >= 15 is 0 Å². The first kappa shape index (κ1) is 14.4. The normalized spacial score (nSPS) is 17.6. The predicted molar refractivity (Wildman–Crippen MR) is 89.6 cm³/mol. The third-order valence-corrected chi connectivity index (χ3v) is 5.37. The van der Waals surface area contributed by atoms with Crippen LogP contribution >= 0.6 is 46.6 Å². The molecule has 0 fully saturated rings. The number of anilines is 1. The average Bonchev–Trinajstić information content (AvgIpc) is 2.44. The van der Waals surface area contributed by atoms with Crippen molar-refractivity contribution in [2.45, 2.75) is 17.4 Å². The molecule has 0 aliphatic carbocycles. The molecule has 0 spiro atoms. The summed E-state index contributed by atoms with van der Waals surface area (Å²) < 4.78 is 0. The number of rotatable bonds is 2. The smallest absolute Gasteiger partial charge is 0.0612 e. The Bertz CT molecular complexity index is 645. The van der Waals surface area contributed by atoms with Gasteiger partial charge in [-0.15, -0.1) is 11.8 Å². The number of thioether (sulfide) groups is 1.